The van der Waals surface area contributed by atoms with E-state index in [9.17, 15) is 4.79 Å². The fourth-order valence-corrected chi connectivity index (χ4v) is 2.51. The maximum Gasteiger partial charge on any atom is 0.169 e. The zero-order valence-electron chi connectivity index (χ0n) is 10.9. The van der Waals surface area contributed by atoms with Crippen LogP contribution in [0.1, 0.15) is 28.0 Å². The first-order chi connectivity index (χ1) is 9.24. The van der Waals surface area contributed by atoms with E-state index in [2.05, 4.69) is 15.6 Å². The Hall–Kier alpha value is -2.17. The summed E-state index contributed by atoms with van der Waals surface area (Å²) in [5.74, 6) is 0.112. The summed E-state index contributed by atoms with van der Waals surface area (Å²) >= 11 is 0. The summed E-state index contributed by atoms with van der Waals surface area (Å²) in [7, 11) is 1.80. The van der Waals surface area contributed by atoms with Gasteiger partial charge in [-0.15, -0.1) is 5.10 Å². The van der Waals surface area contributed by atoms with Crippen LogP contribution in [0.3, 0.4) is 0 Å². The number of ketones is 1. The third-order valence-corrected chi connectivity index (χ3v) is 3.39. The van der Waals surface area contributed by atoms with E-state index < -0.39 is 0 Å². The first kappa shape index (κ1) is 11.9. The molecule has 2 aromatic rings. The van der Waals surface area contributed by atoms with Gasteiger partial charge in [0.05, 0.1) is 12.1 Å². The van der Waals surface area contributed by atoms with Crippen LogP contribution in [0.15, 0.2) is 24.4 Å². The maximum atomic E-state index is 12.4. The second-order valence-electron chi connectivity index (χ2n) is 4.85. The van der Waals surface area contributed by atoms with E-state index in [0.29, 0.717) is 12.1 Å². The van der Waals surface area contributed by atoms with Crippen LogP contribution in [0.4, 0.5) is 5.69 Å². The van der Waals surface area contributed by atoms with Gasteiger partial charge in [0.15, 0.2) is 5.78 Å². The number of aromatic nitrogens is 3. The molecule has 0 unspecified atom stereocenters. The number of benzene rings is 1. The van der Waals surface area contributed by atoms with Gasteiger partial charge in [0.1, 0.15) is 0 Å². The van der Waals surface area contributed by atoms with E-state index >= 15 is 0 Å². The lowest BCUT2D eigenvalue weighted by Crippen LogP contribution is -2.16. The minimum atomic E-state index is 0.112. The largest absolute Gasteiger partial charge is 0.385 e. The van der Waals surface area contributed by atoms with Crippen molar-refractivity contribution in [3.8, 4) is 0 Å². The average molecular weight is 256 g/mol. The summed E-state index contributed by atoms with van der Waals surface area (Å²) in [5.41, 5.74) is 3.77. The molecule has 1 N–H and O–H groups in total. The number of hydrogen-bond acceptors (Lipinski definition) is 4. The van der Waals surface area contributed by atoms with Gasteiger partial charge in [0.25, 0.3) is 0 Å². The molecule has 98 valence electrons. The highest BCUT2D eigenvalue weighted by atomic mass is 16.1. The monoisotopic (exact) mass is 256 g/mol. The third-order valence-electron chi connectivity index (χ3n) is 3.39. The minimum Gasteiger partial charge on any atom is -0.385 e. The number of rotatable bonds is 3. The summed E-state index contributed by atoms with van der Waals surface area (Å²) in [6.45, 7) is 0.981. The average Bonchev–Trinajstić information content (AvgIpc) is 2.83. The molecular weight excluding hydrogens is 240 g/mol. The molecule has 5 heteroatoms. The van der Waals surface area contributed by atoms with Crippen LogP contribution in [-0.4, -0.2) is 27.3 Å². The zero-order valence-corrected chi connectivity index (χ0v) is 10.9. The summed E-state index contributed by atoms with van der Waals surface area (Å²) in [5, 5.41) is 11.2. The number of hydrogen-bond donors (Lipinski definition) is 1. The molecule has 0 aliphatic carbocycles. The Balaban J connectivity index is 1.87. The summed E-state index contributed by atoms with van der Waals surface area (Å²) in [6.07, 6.45) is 4.13. The molecule has 0 spiro atoms. The molecule has 5 nitrogen and oxygen atoms in total. The maximum absolute atomic E-state index is 12.4. The van der Waals surface area contributed by atoms with Crippen LogP contribution in [-0.2, 0) is 19.9 Å². The molecule has 0 fully saturated rings. The normalized spacial score (nSPS) is 13.7. The Kier molecular flexibility index (Phi) is 3.03. The number of carbonyl (C=O) groups excluding carboxylic acids is 1. The summed E-state index contributed by atoms with van der Waals surface area (Å²) in [4.78, 5) is 12.4. The predicted octanol–water partition coefficient (Wildman–Crippen LogP) is 1.60. The molecule has 1 aromatic carbocycles. The number of anilines is 1. The lowest BCUT2D eigenvalue weighted by atomic mass is 9.94. The van der Waals surface area contributed by atoms with Crippen molar-refractivity contribution in [1.82, 2.24) is 15.0 Å². The summed E-state index contributed by atoms with van der Waals surface area (Å²) < 4.78 is 1.62. The highest BCUT2D eigenvalue weighted by Gasteiger charge is 2.18. The molecule has 1 aliphatic rings. The number of fused-ring (bicyclic) bond motifs is 1. The van der Waals surface area contributed by atoms with Crippen molar-refractivity contribution in [2.75, 3.05) is 11.9 Å². The van der Waals surface area contributed by atoms with Crippen LogP contribution in [0.2, 0.25) is 0 Å². The molecule has 1 aliphatic heterocycles. The van der Waals surface area contributed by atoms with Crippen LogP contribution in [0.5, 0.6) is 0 Å². The van der Waals surface area contributed by atoms with Gasteiger partial charge >= 0.3 is 0 Å². The van der Waals surface area contributed by atoms with Gasteiger partial charge in [0.2, 0.25) is 0 Å². The van der Waals surface area contributed by atoms with Gasteiger partial charge in [-0.05, 0) is 24.5 Å². The Bertz CT molecular complexity index is 618. The van der Waals surface area contributed by atoms with Crippen molar-refractivity contribution in [2.45, 2.75) is 19.3 Å². The van der Waals surface area contributed by atoms with Crippen molar-refractivity contribution in [3.05, 3.63) is 41.2 Å². The van der Waals surface area contributed by atoms with Gasteiger partial charge in [0, 0.05) is 31.0 Å². The molecule has 19 heavy (non-hydrogen) atoms. The van der Waals surface area contributed by atoms with E-state index in [1.807, 2.05) is 18.2 Å². The van der Waals surface area contributed by atoms with Gasteiger partial charge in [-0.25, -0.2) is 0 Å². The van der Waals surface area contributed by atoms with Crippen LogP contribution < -0.4 is 5.32 Å². The van der Waals surface area contributed by atoms with Crippen molar-refractivity contribution in [3.63, 3.8) is 0 Å². The van der Waals surface area contributed by atoms with Crippen molar-refractivity contribution < 1.29 is 4.79 Å². The first-order valence-corrected chi connectivity index (χ1v) is 6.48. The van der Waals surface area contributed by atoms with E-state index in [0.717, 1.165) is 36.2 Å². The molecule has 0 bridgehead atoms. The Morgan fingerprint density at radius 2 is 2.37 bits per heavy atom. The highest BCUT2D eigenvalue weighted by Crippen LogP contribution is 2.26. The standard InChI is InChI=1S/C14H16N4O/c1-18-9-10(16-17-18)8-14(19)12-4-2-6-13-11(12)5-3-7-15-13/h2,4,6,9,15H,3,5,7-8H2,1H3. The third kappa shape index (κ3) is 2.36. The van der Waals surface area contributed by atoms with E-state index in [1.165, 1.54) is 0 Å². The molecule has 0 amide bonds. The number of nitrogens with zero attached hydrogens (tertiary/aromatic N) is 3. The van der Waals surface area contributed by atoms with Gasteiger partial charge in [-0.3, -0.25) is 9.48 Å². The molecule has 1 aromatic heterocycles. The fraction of sp³-hybridized carbons (Fsp3) is 0.357. The first-order valence-electron chi connectivity index (χ1n) is 6.48. The Morgan fingerprint density at radius 1 is 1.47 bits per heavy atom. The van der Waals surface area contributed by atoms with Crippen LogP contribution >= 0.6 is 0 Å². The second kappa shape index (κ2) is 4.84. The summed E-state index contributed by atoms with van der Waals surface area (Å²) in [6, 6.07) is 5.87. The predicted molar refractivity (Wildman–Crippen MR) is 72.3 cm³/mol. The molecule has 0 radical (unpaired) electrons. The quantitative estimate of drug-likeness (QED) is 0.847. The smallest absolute Gasteiger partial charge is 0.169 e. The lowest BCUT2D eigenvalue weighted by Gasteiger charge is -2.20. The number of carbonyl (C=O) groups is 1. The fourth-order valence-electron chi connectivity index (χ4n) is 2.51. The van der Waals surface area contributed by atoms with Gasteiger partial charge < -0.3 is 5.32 Å². The molecule has 0 saturated heterocycles. The highest BCUT2D eigenvalue weighted by molar-refractivity contribution is 6.00. The van der Waals surface area contributed by atoms with Crippen molar-refractivity contribution >= 4 is 11.5 Å². The molecular formula is C14H16N4O. The topological polar surface area (TPSA) is 59.8 Å². The second-order valence-corrected chi connectivity index (χ2v) is 4.85. The van der Waals surface area contributed by atoms with Crippen LogP contribution in [0.25, 0.3) is 0 Å². The number of nitrogens with one attached hydrogen (secondary N) is 1. The molecule has 0 atom stereocenters. The number of aryl methyl sites for hydroxylation is 1. The van der Waals surface area contributed by atoms with E-state index in [4.69, 9.17) is 0 Å². The van der Waals surface area contributed by atoms with E-state index in [1.54, 1.807) is 17.9 Å². The Labute approximate surface area is 111 Å². The van der Waals surface area contributed by atoms with Gasteiger partial charge in [-0.2, -0.15) is 0 Å². The Morgan fingerprint density at radius 3 is 3.16 bits per heavy atom. The lowest BCUT2D eigenvalue weighted by molar-refractivity contribution is 0.0991. The van der Waals surface area contributed by atoms with Crippen molar-refractivity contribution in [1.29, 1.82) is 0 Å². The SMILES string of the molecule is Cn1cc(CC(=O)c2cccc3c2CCCN3)nn1. The van der Waals surface area contributed by atoms with Gasteiger partial charge in [-0.1, -0.05) is 17.3 Å². The molecule has 2 heterocycles. The van der Waals surface area contributed by atoms with Crippen molar-refractivity contribution in [2.24, 2.45) is 7.05 Å². The molecule has 3 rings (SSSR count). The van der Waals surface area contributed by atoms with E-state index in [-0.39, 0.29) is 5.78 Å². The molecule has 0 saturated carbocycles. The zero-order chi connectivity index (χ0) is 13.2. The minimum absolute atomic E-state index is 0.112. The van der Waals surface area contributed by atoms with Crippen LogP contribution in [0, 0.1) is 0 Å². The number of Topliss-reactive ketones (excluding diaryl/α,β-unsaturated/α-hetero) is 1.